The van der Waals surface area contributed by atoms with Gasteiger partial charge < -0.3 is 14.7 Å². The number of hydrogen-bond acceptors (Lipinski definition) is 3. The van der Waals surface area contributed by atoms with E-state index in [1.807, 2.05) is 39.8 Å². The van der Waals surface area contributed by atoms with Crippen LogP contribution in [-0.2, 0) is 9.53 Å². The Morgan fingerprint density at radius 3 is 2.25 bits per heavy atom. The van der Waals surface area contributed by atoms with Gasteiger partial charge in [-0.05, 0) is 47.0 Å². The van der Waals surface area contributed by atoms with Crippen molar-refractivity contribution in [2.45, 2.75) is 52.6 Å². The van der Waals surface area contributed by atoms with E-state index in [1.165, 1.54) is 0 Å². The minimum atomic E-state index is -0.778. The van der Waals surface area contributed by atoms with Gasteiger partial charge in [0.15, 0.2) is 0 Å². The summed E-state index contributed by atoms with van der Waals surface area (Å²) in [6.07, 6.45) is 4.84. The number of hydrogen-bond donors (Lipinski definition) is 1. The van der Waals surface area contributed by atoms with Gasteiger partial charge >= 0.3 is 12.1 Å². The Morgan fingerprint density at radius 2 is 1.85 bits per heavy atom. The third-order valence-electron chi connectivity index (χ3n) is 3.57. The summed E-state index contributed by atoms with van der Waals surface area (Å²) in [5, 5.41) is 9.46. The number of carboxylic acid groups (broad SMARTS) is 1. The molecule has 1 fully saturated rings. The second-order valence-electron chi connectivity index (χ2n) is 6.33. The zero-order valence-electron chi connectivity index (χ0n) is 12.8. The predicted octanol–water partition coefficient (Wildman–Crippen LogP) is 3.05. The van der Waals surface area contributed by atoms with Crippen LogP contribution in [0.2, 0.25) is 0 Å². The molecule has 0 spiro atoms. The van der Waals surface area contributed by atoms with Gasteiger partial charge in [-0.1, -0.05) is 12.2 Å². The second kappa shape index (κ2) is 6.29. The molecule has 0 unspecified atom stereocenters. The number of rotatable bonds is 3. The Hall–Kier alpha value is -1.52. The fourth-order valence-electron chi connectivity index (χ4n) is 2.29. The van der Waals surface area contributed by atoms with E-state index in [9.17, 15) is 14.7 Å². The number of nitrogens with zero attached hydrogens (tertiary/aromatic N) is 1. The molecule has 0 bridgehead atoms. The van der Waals surface area contributed by atoms with Crippen LogP contribution in [0.4, 0.5) is 4.79 Å². The van der Waals surface area contributed by atoms with E-state index >= 15 is 0 Å². The van der Waals surface area contributed by atoms with Gasteiger partial charge in [0.05, 0.1) is 5.41 Å². The number of ether oxygens (including phenoxy) is 1. The maximum atomic E-state index is 12.0. The average molecular weight is 283 g/mol. The summed E-state index contributed by atoms with van der Waals surface area (Å²) >= 11 is 0. The van der Waals surface area contributed by atoms with E-state index < -0.39 is 17.0 Å². The van der Waals surface area contributed by atoms with Gasteiger partial charge in [-0.15, -0.1) is 0 Å². The first-order chi connectivity index (χ1) is 9.20. The van der Waals surface area contributed by atoms with Crippen LogP contribution in [0.1, 0.15) is 47.0 Å². The van der Waals surface area contributed by atoms with Gasteiger partial charge in [0, 0.05) is 13.1 Å². The van der Waals surface area contributed by atoms with Gasteiger partial charge in [-0.25, -0.2) is 4.79 Å². The molecule has 1 amide bonds. The van der Waals surface area contributed by atoms with Crippen LogP contribution >= 0.6 is 0 Å². The van der Waals surface area contributed by atoms with Crippen molar-refractivity contribution in [2.24, 2.45) is 5.41 Å². The molecule has 0 aliphatic carbocycles. The van der Waals surface area contributed by atoms with Crippen molar-refractivity contribution in [3.05, 3.63) is 12.2 Å². The minimum absolute atomic E-state index is 0.359. The number of allylic oxidation sites excluding steroid dienone is 2. The molecule has 114 valence electrons. The molecule has 0 aromatic rings. The molecule has 0 radical (unpaired) electrons. The first kappa shape index (κ1) is 16.5. The summed E-state index contributed by atoms with van der Waals surface area (Å²) in [5.74, 6) is -0.778. The van der Waals surface area contributed by atoms with Crippen LogP contribution in [0.5, 0.6) is 0 Å². The van der Waals surface area contributed by atoms with Gasteiger partial charge in [0.2, 0.25) is 0 Å². The maximum absolute atomic E-state index is 12.0. The Bertz CT molecular complexity index is 387. The number of piperidine rings is 1. The molecule has 1 aliphatic rings. The number of likely N-dealkylation sites (tertiary alicyclic amines) is 1. The Morgan fingerprint density at radius 1 is 1.30 bits per heavy atom. The predicted molar refractivity (Wildman–Crippen MR) is 76.5 cm³/mol. The Labute approximate surface area is 120 Å². The molecular formula is C15H25NO4. The highest BCUT2D eigenvalue weighted by atomic mass is 16.6. The van der Waals surface area contributed by atoms with Crippen molar-refractivity contribution in [3.63, 3.8) is 0 Å². The van der Waals surface area contributed by atoms with E-state index in [2.05, 4.69) is 0 Å². The van der Waals surface area contributed by atoms with E-state index in [0.717, 1.165) is 0 Å². The summed E-state index contributed by atoms with van der Waals surface area (Å²) in [7, 11) is 0. The van der Waals surface area contributed by atoms with Crippen molar-refractivity contribution < 1.29 is 19.4 Å². The lowest BCUT2D eigenvalue weighted by molar-refractivity contribution is -0.151. The monoisotopic (exact) mass is 283 g/mol. The summed E-state index contributed by atoms with van der Waals surface area (Å²) in [6.45, 7) is 8.20. The zero-order valence-corrected chi connectivity index (χ0v) is 12.8. The van der Waals surface area contributed by atoms with Crippen LogP contribution < -0.4 is 0 Å². The van der Waals surface area contributed by atoms with Gasteiger partial charge in [0.25, 0.3) is 0 Å². The summed E-state index contributed by atoms with van der Waals surface area (Å²) in [6, 6.07) is 0. The summed E-state index contributed by atoms with van der Waals surface area (Å²) in [5.41, 5.74) is -1.27. The topological polar surface area (TPSA) is 66.8 Å². The minimum Gasteiger partial charge on any atom is -0.481 e. The number of aliphatic carboxylic acids is 1. The molecule has 1 N–H and O–H groups in total. The number of amides is 1. The first-order valence-electron chi connectivity index (χ1n) is 7.03. The lowest BCUT2D eigenvalue weighted by Crippen LogP contribution is -2.47. The molecular weight excluding hydrogens is 258 g/mol. The standard InChI is InChI=1S/C15H25NO4/c1-5-6-7-15(12(17)18)8-10-16(11-9-15)13(19)20-14(2,3)4/h5-6H,7-11H2,1-4H3,(H,17,18). The molecule has 5 heteroatoms. The van der Waals surface area contributed by atoms with Gasteiger partial charge in [-0.2, -0.15) is 0 Å². The third kappa shape index (κ3) is 4.25. The molecule has 1 aliphatic heterocycles. The fraction of sp³-hybridized carbons (Fsp3) is 0.733. The molecule has 1 saturated heterocycles. The lowest BCUT2D eigenvalue weighted by atomic mass is 9.75. The van der Waals surface area contributed by atoms with E-state index in [0.29, 0.717) is 32.4 Å². The third-order valence-corrected chi connectivity index (χ3v) is 3.57. The van der Waals surface area contributed by atoms with Crippen molar-refractivity contribution in [2.75, 3.05) is 13.1 Å². The van der Waals surface area contributed by atoms with E-state index in [1.54, 1.807) is 4.90 Å². The molecule has 5 nitrogen and oxygen atoms in total. The number of carbonyl (C=O) groups excluding carboxylic acids is 1. The molecule has 0 aromatic heterocycles. The van der Waals surface area contributed by atoms with Crippen LogP contribution in [0, 0.1) is 5.41 Å². The summed E-state index contributed by atoms with van der Waals surface area (Å²) in [4.78, 5) is 25.1. The maximum Gasteiger partial charge on any atom is 0.410 e. The molecule has 0 saturated carbocycles. The largest absolute Gasteiger partial charge is 0.481 e. The molecule has 1 heterocycles. The first-order valence-corrected chi connectivity index (χ1v) is 7.03. The van der Waals surface area contributed by atoms with Gasteiger partial charge in [0.1, 0.15) is 5.60 Å². The highest BCUT2D eigenvalue weighted by molar-refractivity contribution is 5.76. The van der Waals surface area contributed by atoms with E-state index in [-0.39, 0.29) is 6.09 Å². The Balaban J connectivity index is 2.65. The van der Waals surface area contributed by atoms with Crippen molar-refractivity contribution in [1.29, 1.82) is 0 Å². The van der Waals surface area contributed by atoms with Gasteiger partial charge in [-0.3, -0.25) is 4.79 Å². The highest BCUT2D eigenvalue weighted by Gasteiger charge is 2.42. The van der Waals surface area contributed by atoms with Crippen molar-refractivity contribution in [3.8, 4) is 0 Å². The molecule has 0 aromatic carbocycles. The summed E-state index contributed by atoms with van der Waals surface area (Å²) < 4.78 is 5.31. The van der Waals surface area contributed by atoms with Crippen LogP contribution in [0.3, 0.4) is 0 Å². The quantitative estimate of drug-likeness (QED) is 0.808. The Kier molecular flexibility index (Phi) is 5.20. The molecule has 1 rings (SSSR count). The SMILES string of the molecule is CC=CCC1(C(=O)O)CCN(C(=O)OC(C)(C)C)CC1. The van der Waals surface area contributed by atoms with Crippen molar-refractivity contribution in [1.82, 2.24) is 4.90 Å². The lowest BCUT2D eigenvalue weighted by Gasteiger charge is -2.38. The average Bonchev–Trinajstić information content (AvgIpc) is 2.34. The fourth-order valence-corrected chi connectivity index (χ4v) is 2.29. The second-order valence-corrected chi connectivity index (χ2v) is 6.33. The molecule has 20 heavy (non-hydrogen) atoms. The normalized spacial score (nSPS) is 19.1. The van der Waals surface area contributed by atoms with Crippen LogP contribution in [0.15, 0.2) is 12.2 Å². The number of carbonyl (C=O) groups is 2. The van der Waals surface area contributed by atoms with Crippen LogP contribution in [-0.4, -0.2) is 40.8 Å². The van der Waals surface area contributed by atoms with Crippen molar-refractivity contribution >= 4 is 12.1 Å². The highest BCUT2D eigenvalue weighted by Crippen LogP contribution is 2.36. The molecule has 0 atom stereocenters. The van der Waals surface area contributed by atoms with Crippen LogP contribution in [0.25, 0.3) is 0 Å². The number of carboxylic acids is 1. The van der Waals surface area contributed by atoms with E-state index in [4.69, 9.17) is 4.74 Å². The smallest absolute Gasteiger partial charge is 0.410 e. The zero-order chi connectivity index (χ0) is 15.4.